The number of para-hydroxylation sites is 1. The Morgan fingerprint density at radius 2 is 2.00 bits per heavy atom. The van der Waals surface area contributed by atoms with Crippen LogP contribution in [0.1, 0.15) is 18.4 Å². The minimum absolute atomic E-state index is 0.289. The van der Waals surface area contributed by atoms with Crippen LogP contribution < -0.4 is 10.2 Å². The van der Waals surface area contributed by atoms with Gasteiger partial charge in [-0.25, -0.2) is 9.97 Å². The molecular weight excluding hydrogens is 408 g/mol. The van der Waals surface area contributed by atoms with Gasteiger partial charge in [-0.3, -0.25) is 0 Å². The monoisotopic (exact) mass is 434 g/mol. The van der Waals surface area contributed by atoms with Crippen LogP contribution in [-0.2, 0) is 13.6 Å². The van der Waals surface area contributed by atoms with Gasteiger partial charge in [0.2, 0.25) is 0 Å². The predicted octanol–water partition coefficient (Wildman–Crippen LogP) is 4.00. The molecule has 1 aliphatic rings. The molecule has 0 unspecified atom stereocenters. The summed E-state index contributed by atoms with van der Waals surface area (Å²) in [5, 5.41) is 13.9. The van der Waals surface area contributed by atoms with Crippen molar-refractivity contribution < 1.29 is 5.11 Å². The molecule has 7 nitrogen and oxygen atoms in total. The van der Waals surface area contributed by atoms with Crippen molar-refractivity contribution >= 4 is 45.7 Å². The van der Waals surface area contributed by atoms with E-state index in [0.29, 0.717) is 17.2 Å². The van der Waals surface area contributed by atoms with Crippen LogP contribution in [0.2, 0.25) is 0 Å². The normalized spacial score (nSPS) is 15.1. The lowest BCUT2D eigenvalue weighted by Gasteiger charge is -2.34. The van der Waals surface area contributed by atoms with Gasteiger partial charge in [0.15, 0.2) is 4.77 Å². The van der Waals surface area contributed by atoms with Gasteiger partial charge in [-0.1, -0.05) is 18.2 Å². The van der Waals surface area contributed by atoms with Crippen molar-refractivity contribution in [2.24, 2.45) is 13.0 Å². The number of piperidine rings is 1. The van der Waals surface area contributed by atoms with E-state index < -0.39 is 0 Å². The van der Waals surface area contributed by atoms with Gasteiger partial charge in [-0.15, -0.1) is 0 Å². The molecule has 1 saturated heterocycles. The summed E-state index contributed by atoms with van der Waals surface area (Å²) in [7, 11) is 1.95. The number of aromatic amines is 1. The van der Waals surface area contributed by atoms with Crippen molar-refractivity contribution in [1.82, 2.24) is 19.5 Å². The van der Waals surface area contributed by atoms with E-state index in [9.17, 15) is 5.11 Å². The predicted molar refractivity (Wildman–Crippen MR) is 127 cm³/mol. The molecule has 31 heavy (non-hydrogen) atoms. The first-order valence-corrected chi connectivity index (χ1v) is 11.1. The lowest BCUT2D eigenvalue weighted by molar-refractivity contribution is 0.203. The first-order chi connectivity index (χ1) is 15.1. The molecule has 0 spiro atoms. The zero-order chi connectivity index (χ0) is 21.4. The van der Waals surface area contributed by atoms with Crippen molar-refractivity contribution in [3.05, 3.63) is 53.1 Å². The number of imidazole rings is 1. The third-order valence-electron chi connectivity index (χ3n) is 6.31. The Labute approximate surface area is 185 Å². The largest absolute Gasteiger partial charge is 0.396 e. The highest BCUT2D eigenvalue weighted by Crippen LogP contribution is 2.29. The Hall–Kier alpha value is -2.97. The van der Waals surface area contributed by atoms with E-state index in [4.69, 9.17) is 12.2 Å². The summed E-state index contributed by atoms with van der Waals surface area (Å²) in [5.41, 5.74) is 5.37. The van der Waals surface area contributed by atoms with Crippen LogP contribution in [0.15, 0.2) is 42.7 Å². The van der Waals surface area contributed by atoms with Gasteiger partial charge < -0.3 is 24.9 Å². The van der Waals surface area contributed by atoms with Crippen LogP contribution in [0.5, 0.6) is 0 Å². The zero-order valence-corrected chi connectivity index (χ0v) is 18.3. The third kappa shape index (κ3) is 3.77. The van der Waals surface area contributed by atoms with Crippen molar-refractivity contribution in [2.45, 2.75) is 19.4 Å². The van der Waals surface area contributed by atoms with E-state index >= 15 is 0 Å². The Balaban J connectivity index is 1.42. The molecule has 3 heterocycles. The highest BCUT2D eigenvalue weighted by Gasteiger charge is 2.20. The number of aromatic nitrogens is 4. The van der Waals surface area contributed by atoms with E-state index in [2.05, 4.69) is 55.5 Å². The topological polar surface area (TPSA) is 82.0 Å². The summed E-state index contributed by atoms with van der Waals surface area (Å²) in [5.74, 6) is 1.24. The quantitative estimate of drug-likeness (QED) is 0.412. The third-order valence-corrected chi connectivity index (χ3v) is 6.69. The highest BCUT2D eigenvalue weighted by molar-refractivity contribution is 7.71. The number of rotatable bonds is 5. The van der Waals surface area contributed by atoms with E-state index in [1.165, 1.54) is 11.3 Å². The fraction of sp³-hybridized carbons (Fsp3) is 0.348. The second kappa shape index (κ2) is 8.28. The minimum atomic E-state index is 0.289. The summed E-state index contributed by atoms with van der Waals surface area (Å²) < 4.78 is 2.64. The zero-order valence-electron chi connectivity index (χ0n) is 17.5. The smallest absolute Gasteiger partial charge is 0.177 e. The van der Waals surface area contributed by atoms with Crippen LogP contribution in [0.25, 0.3) is 21.9 Å². The van der Waals surface area contributed by atoms with Gasteiger partial charge in [-0.05, 0) is 54.7 Å². The summed E-state index contributed by atoms with van der Waals surface area (Å²) in [6, 6.07) is 12.6. The van der Waals surface area contributed by atoms with Gasteiger partial charge in [0.25, 0.3) is 0 Å². The Kier molecular flexibility index (Phi) is 5.33. The molecule has 160 valence electrons. The molecule has 0 radical (unpaired) electrons. The average molecular weight is 435 g/mol. The van der Waals surface area contributed by atoms with Crippen LogP contribution >= 0.6 is 12.2 Å². The lowest BCUT2D eigenvalue weighted by atomic mass is 9.97. The molecule has 2 aromatic carbocycles. The molecule has 0 aliphatic carbocycles. The van der Waals surface area contributed by atoms with Crippen molar-refractivity contribution in [3.63, 3.8) is 0 Å². The van der Waals surface area contributed by atoms with Crippen molar-refractivity contribution in [1.29, 1.82) is 0 Å². The molecule has 2 aromatic heterocycles. The Morgan fingerprint density at radius 1 is 1.19 bits per heavy atom. The molecule has 8 heteroatoms. The number of benzene rings is 2. The maximum atomic E-state index is 9.43. The van der Waals surface area contributed by atoms with E-state index in [0.717, 1.165) is 53.7 Å². The van der Waals surface area contributed by atoms with E-state index in [1.54, 1.807) is 6.33 Å². The molecule has 0 atom stereocenters. The lowest BCUT2D eigenvalue weighted by Crippen LogP contribution is -2.35. The molecular formula is C23H26N6OS. The minimum Gasteiger partial charge on any atom is -0.396 e. The fourth-order valence-electron chi connectivity index (χ4n) is 4.42. The van der Waals surface area contributed by atoms with Crippen LogP contribution in [-0.4, -0.2) is 44.3 Å². The van der Waals surface area contributed by atoms with Gasteiger partial charge in [0.05, 0.1) is 16.6 Å². The van der Waals surface area contributed by atoms with E-state index in [-0.39, 0.29) is 6.61 Å². The summed E-state index contributed by atoms with van der Waals surface area (Å²) >= 11 is 5.37. The molecule has 5 rings (SSSR count). The standard InChI is InChI=1S/C23H26N6OS/c1-28-21-11-18-17(10-19(21)27-23(28)31)22(26-14-25-18)24-12-16-4-2-3-5-20(16)29-8-6-15(13-30)7-9-29/h2-5,10-11,14-15,30H,6-9,12-13H2,1H3,(H,27,31)(H,24,25,26). The van der Waals surface area contributed by atoms with Gasteiger partial charge >= 0.3 is 0 Å². The number of anilines is 2. The molecule has 4 aromatic rings. The van der Waals surface area contributed by atoms with Gasteiger partial charge in [0.1, 0.15) is 12.1 Å². The summed E-state index contributed by atoms with van der Waals surface area (Å²) in [6.07, 6.45) is 3.66. The summed E-state index contributed by atoms with van der Waals surface area (Å²) in [4.78, 5) is 14.6. The number of nitrogens with zero attached hydrogens (tertiary/aromatic N) is 4. The number of fused-ring (bicyclic) bond motifs is 2. The number of aryl methyl sites for hydroxylation is 1. The van der Waals surface area contributed by atoms with Gasteiger partial charge in [0, 0.05) is 44.4 Å². The number of hydrogen-bond acceptors (Lipinski definition) is 6. The summed E-state index contributed by atoms with van der Waals surface area (Å²) in [6.45, 7) is 2.91. The average Bonchev–Trinajstić information content (AvgIpc) is 3.09. The van der Waals surface area contributed by atoms with Crippen LogP contribution in [0.3, 0.4) is 0 Å². The maximum absolute atomic E-state index is 9.43. The van der Waals surface area contributed by atoms with Crippen molar-refractivity contribution in [3.8, 4) is 0 Å². The number of aliphatic hydroxyl groups is 1. The van der Waals surface area contributed by atoms with Crippen LogP contribution in [0, 0.1) is 10.7 Å². The number of H-pyrrole nitrogens is 1. The molecule has 0 saturated carbocycles. The first kappa shape index (κ1) is 20.0. The molecule has 0 bridgehead atoms. The Bertz CT molecular complexity index is 1290. The molecule has 1 fully saturated rings. The molecule has 0 amide bonds. The number of hydrogen-bond donors (Lipinski definition) is 3. The first-order valence-electron chi connectivity index (χ1n) is 10.6. The van der Waals surface area contributed by atoms with Crippen LogP contribution in [0.4, 0.5) is 11.5 Å². The van der Waals surface area contributed by atoms with Crippen molar-refractivity contribution in [2.75, 3.05) is 29.9 Å². The number of nitrogens with one attached hydrogen (secondary N) is 2. The second-order valence-corrected chi connectivity index (χ2v) is 8.58. The molecule has 3 N–H and O–H groups in total. The number of aliphatic hydroxyl groups excluding tert-OH is 1. The highest BCUT2D eigenvalue weighted by atomic mass is 32.1. The second-order valence-electron chi connectivity index (χ2n) is 8.19. The van der Waals surface area contributed by atoms with E-state index in [1.807, 2.05) is 17.7 Å². The Morgan fingerprint density at radius 3 is 2.81 bits per heavy atom. The molecule has 1 aliphatic heterocycles. The SMILES string of the molecule is Cn1c(=S)[nH]c2cc3c(NCc4ccccc4N4CCC(CO)CC4)ncnc3cc21. The van der Waals surface area contributed by atoms with Gasteiger partial charge in [-0.2, -0.15) is 0 Å². The maximum Gasteiger partial charge on any atom is 0.177 e. The fourth-order valence-corrected chi connectivity index (χ4v) is 4.63.